The van der Waals surface area contributed by atoms with Gasteiger partial charge in [-0.15, -0.1) is 0 Å². The second kappa shape index (κ2) is 3.28. The van der Waals surface area contributed by atoms with Crippen LogP contribution < -0.4 is 5.73 Å². The largest absolute Gasteiger partial charge is 0.478 e. The second-order valence-corrected chi connectivity index (χ2v) is 3.51. The molecule has 0 radical (unpaired) electrons. The Morgan fingerprint density at radius 3 is 2.67 bits per heavy atom. The predicted octanol–water partition coefficient (Wildman–Crippen LogP) is 2.43. The standard InChI is InChI=1S/C12H11NO2/c1-7-6-8-4-2-3-5-9(8)11(13)10(7)12(14)15/h2-6H,13H2,1H3,(H,14,15). The predicted molar refractivity (Wildman–Crippen MR) is 60.1 cm³/mol. The summed E-state index contributed by atoms with van der Waals surface area (Å²) in [6.45, 7) is 1.76. The molecule has 2 aromatic rings. The number of rotatable bonds is 1. The molecule has 76 valence electrons. The van der Waals surface area contributed by atoms with Crippen molar-refractivity contribution in [2.45, 2.75) is 6.92 Å². The Kier molecular flexibility index (Phi) is 2.08. The third kappa shape index (κ3) is 1.42. The third-order valence-corrected chi connectivity index (χ3v) is 2.50. The molecule has 0 amide bonds. The number of carboxylic acids is 1. The lowest BCUT2D eigenvalue weighted by Crippen LogP contribution is -2.05. The second-order valence-electron chi connectivity index (χ2n) is 3.51. The van der Waals surface area contributed by atoms with E-state index in [1.807, 2.05) is 30.3 Å². The van der Waals surface area contributed by atoms with Crippen LogP contribution in [0.1, 0.15) is 15.9 Å². The number of hydrogen-bond acceptors (Lipinski definition) is 2. The van der Waals surface area contributed by atoms with E-state index in [2.05, 4.69) is 0 Å². The number of carbonyl (C=O) groups is 1. The van der Waals surface area contributed by atoms with Gasteiger partial charge in [0, 0.05) is 5.39 Å². The van der Waals surface area contributed by atoms with Crippen LogP contribution in [-0.2, 0) is 0 Å². The summed E-state index contributed by atoms with van der Waals surface area (Å²) in [7, 11) is 0. The van der Waals surface area contributed by atoms with Gasteiger partial charge >= 0.3 is 5.97 Å². The first-order valence-electron chi connectivity index (χ1n) is 4.62. The first kappa shape index (κ1) is 9.52. The zero-order valence-corrected chi connectivity index (χ0v) is 8.32. The van der Waals surface area contributed by atoms with Gasteiger partial charge in [-0.1, -0.05) is 30.3 Å². The van der Waals surface area contributed by atoms with E-state index >= 15 is 0 Å². The summed E-state index contributed by atoms with van der Waals surface area (Å²) < 4.78 is 0. The quantitative estimate of drug-likeness (QED) is 0.696. The van der Waals surface area contributed by atoms with Crippen LogP contribution in [0.4, 0.5) is 5.69 Å². The van der Waals surface area contributed by atoms with Gasteiger partial charge in [-0.05, 0) is 17.9 Å². The lowest BCUT2D eigenvalue weighted by atomic mass is 9.99. The van der Waals surface area contributed by atoms with Crippen molar-refractivity contribution in [1.82, 2.24) is 0 Å². The fourth-order valence-corrected chi connectivity index (χ4v) is 1.80. The van der Waals surface area contributed by atoms with Crippen molar-refractivity contribution in [2.24, 2.45) is 0 Å². The van der Waals surface area contributed by atoms with Crippen LogP contribution in [0.25, 0.3) is 10.8 Å². The molecule has 3 nitrogen and oxygen atoms in total. The molecule has 0 heterocycles. The Labute approximate surface area is 87.1 Å². The van der Waals surface area contributed by atoms with Crippen molar-refractivity contribution in [2.75, 3.05) is 5.73 Å². The number of aryl methyl sites for hydroxylation is 1. The molecule has 3 heteroatoms. The highest BCUT2D eigenvalue weighted by molar-refractivity contribution is 6.06. The number of anilines is 1. The van der Waals surface area contributed by atoms with Gasteiger partial charge in [0.1, 0.15) is 0 Å². The van der Waals surface area contributed by atoms with Crippen LogP contribution in [0, 0.1) is 6.92 Å². The van der Waals surface area contributed by atoms with E-state index < -0.39 is 5.97 Å². The average Bonchev–Trinajstić information content (AvgIpc) is 2.17. The molecular formula is C12H11NO2. The van der Waals surface area contributed by atoms with Gasteiger partial charge in [-0.2, -0.15) is 0 Å². The van der Waals surface area contributed by atoms with Crippen LogP contribution in [-0.4, -0.2) is 11.1 Å². The van der Waals surface area contributed by atoms with Crippen LogP contribution >= 0.6 is 0 Å². The number of nitrogens with two attached hydrogens (primary N) is 1. The molecule has 2 aromatic carbocycles. The molecule has 0 aliphatic rings. The first-order chi connectivity index (χ1) is 7.11. The number of benzene rings is 2. The average molecular weight is 201 g/mol. The van der Waals surface area contributed by atoms with Crippen molar-refractivity contribution in [3.63, 3.8) is 0 Å². The Morgan fingerprint density at radius 1 is 1.33 bits per heavy atom. The highest BCUT2D eigenvalue weighted by atomic mass is 16.4. The van der Waals surface area contributed by atoms with Crippen LogP contribution in [0.2, 0.25) is 0 Å². The normalized spacial score (nSPS) is 10.5. The van der Waals surface area contributed by atoms with E-state index in [1.54, 1.807) is 6.92 Å². The van der Waals surface area contributed by atoms with Crippen molar-refractivity contribution in [1.29, 1.82) is 0 Å². The Balaban J connectivity index is 2.90. The monoisotopic (exact) mass is 201 g/mol. The summed E-state index contributed by atoms with van der Waals surface area (Å²) in [6.07, 6.45) is 0. The Bertz CT molecular complexity index is 547. The van der Waals surface area contributed by atoms with Gasteiger partial charge in [-0.3, -0.25) is 0 Å². The number of hydrogen-bond donors (Lipinski definition) is 2. The maximum absolute atomic E-state index is 11.0. The molecule has 0 bridgehead atoms. The van der Waals surface area contributed by atoms with Crippen molar-refractivity contribution in [3.8, 4) is 0 Å². The molecule has 15 heavy (non-hydrogen) atoms. The molecule has 0 aromatic heterocycles. The summed E-state index contributed by atoms with van der Waals surface area (Å²) in [6, 6.07) is 9.34. The molecule has 2 rings (SSSR count). The smallest absolute Gasteiger partial charge is 0.338 e. The topological polar surface area (TPSA) is 63.3 Å². The molecule has 0 atom stereocenters. The van der Waals surface area contributed by atoms with Gasteiger partial charge in [0.05, 0.1) is 11.3 Å². The van der Waals surface area contributed by atoms with E-state index in [-0.39, 0.29) is 5.56 Å². The fraction of sp³-hybridized carbons (Fsp3) is 0.0833. The third-order valence-electron chi connectivity index (χ3n) is 2.50. The SMILES string of the molecule is Cc1cc2ccccc2c(N)c1C(=O)O. The van der Waals surface area contributed by atoms with Crippen LogP contribution in [0.3, 0.4) is 0 Å². The minimum absolute atomic E-state index is 0.203. The minimum Gasteiger partial charge on any atom is -0.478 e. The summed E-state index contributed by atoms with van der Waals surface area (Å²) in [4.78, 5) is 11.0. The molecular weight excluding hydrogens is 190 g/mol. The van der Waals surface area contributed by atoms with E-state index in [9.17, 15) is 4.79 Å². The maximum Gasteiger partial charge on any atom is 0.338 e. The van der Waals surface area contributed by atoms with Gasteiger partial charge in [0.25, 0.3) is 0 Å². The van der Waals surface area contributed by atoms with Crippen molar-refractivity contribution in [3.05, 3.63) is 41.5 Å². The highest BCUT2D eigenvalue weighted by Gasteiger charge is 2.13. The number of carboxylic acid groups (broad SMARTS) is 1. The minimum atomic E-state index is -0.976. The van der Waals surface area contributed by atoms with Crippen molar-refractivity contribution >= 4 is 22.4 Å². The molecule has 0 aliphatic carbocycles. The van der Waals surface area contributed by atoms with Gasteiger partial charge in [0.15, 0.2) is 0 Å². The van der Waals surface area contributed by atoms with Crippen LogP contribution in [0.5, 0.6) is 0 Å². The first-order valence-corrected chi connectivity index (χ1v) is 4.62. The molecule has 0 unspecified atom stereocenters. The molecule has 0 fully saturated rings. The van der Waals surface area contributed by atoms with Crippen LogP contribution in [0.15, 0.2) is 30.3 Å². The highest BCUT2D eigenvalue weighted by Crippen LogP contribution is 2.27. The summed E-state index contributed by atoms with van der Waals surface area (Å²) >= 11 is 0. The molecule has 0 saturated carbocycles. The van der Waals surface area contributed by atoms with Gasteiger partial charge < -0.3 is 10.8 Å². The van der Waals surface area contributed by atoms with E-state index in [0.29, 0.717) is 11.3 Å². The fourth-order valence-electron chi connectivity index (χ4n) is 1.80. The Hall–Kier alpha value is -2.03. The Morgan fingerprint density at radius 2 is 2.00 bits per heavy atom. The number of fused-ring (bicyclic) bond motifs is 1. The zero-order chi connectivity index (χ0) is 11.0. The summed E-state index contributed by atoms with van der Waals surface area (Å²) in [5.74, 6) is -0.976. The number of nitrogen functional groups attached to an aromatic ring is 1. The molecule has 0 saturated heterocycles. The molecule has 0 aliphatic heterocycles. The van der Waals surface area contributed by atoms with Gasteiger partial charge in [-0.25, -0.2) is 4.79 Å². The maximum atomic E-state index is 11.0. The van der Waals surface area contributed by atoms with E-state index in [4.69, 9.17) is 10.8 Å². The van der Waals surface area contributed by atoms with E-state index in [0.717, 1.165) is 10.8 Å². The van der Waals surface area contributed by atoms with E-state index in [1.165, 1.54) is 0 Å². The lowest BCUT2D eigenvalue weighted by Gasteiger charge is -2.08. The van der Waals surface area contributed by atoms with Crippen molar-refractivity contribution < 1.29 is 9.90 Å². The summed E-state index contributed by atoms with van der Waals surface area (Å²) in [5.41, 5.74) is 7.08. The zero-order valence-electron chi connectivity index (χ0n) is 8.32. The summed E-state index contributed by atoms with van der Waals surface area (Å²) in [5, 5.41) is 10.8. The molecule has 0 spiro atoms. The number of aromatic carboxylic acids is 1. The van der Waals surface area contributed by atoms with Gasteiger partial charge in [0.2, 0.25) is 0 Å². The molecule has 3 N–H and O–H groups in total. The lowest BCUT2D eigenvalue weighted by molar-refractivity contribution is 0.0697.